The summed E-state index contributed by atoms with van der Waals surface area (Å²) in [5.41, 5.74) is 28.5. The quantitative estimate of drug-likeness (QED) is 0.104. The maximum Gasteiger partial charge on any atom is 0.238 e. The number of hydrogen-bond donors (Lipinski definition) is 3. The SMILES string of the molecule is CC(/N=C(\N=C(N)c1ccccc1)c1ccccc1)n1c(-c2c(N)c3ccccc3n2-c2nc(-c3ccccc3)nc(-c3ccccc3)n2)c(N)c2ccccc21. The Labute approximate surface area is 329 Å². The number of nitrogens with two attached hydrogens (primary N) is 3. The van der Waals surface area contributed by atoms with Crippen LogP contribution in [0.25, 0.3) is 61.9 Å². The molecule has 276 valence electrons. The molecule has 0 spiro atoms. The second-order valence-electron chi connectivity index (χ2n) is 13.6. The van der Waals surface area contributed by atoms with E-state index in [4.69, 9.17) is 42.1 Å². The number of para-hydroxylation sites is 2. The van der Waals surface area contributed by atoms with Crippen molar-refractivity contribution >= 4 is 44.9 Å². The van der Waals surface area contributed by atoms with Crippen LogP contribution in [0.15, 0.2) is 180 Å². The zero-order chi connectivity index (χ0) is 38.9. The lowest BCUT2D eigenvalue weighted by Gasteiger charge is -2.19. The summed E-state index contributed by atoms with van der Waals surface area (Å²) < 4.78 is 4.10. The molecule has 0 saturated carbocycles. The summed E-state index contributed by atoms with van der Waals surface area (Å²) in [6.45, 7) is 2.01. The average Bonchev–Trinajstić information content (AvgIpc) is 3.74. The first kappa shape index (κ1) is 34.9. The highest BCUT2D eigenvalue weighted by atomic mass is 15.2. The molecule has 10 nitrogen and oxygen atoms in total. The van der Waals surface area contributed by atoms with E-state index in [-0.39, 0.29) is 0 Å². The summed E-state index contributed by atoms with van der Waals surface area (Å²) in [7, 11) is 0. The molecule has 9 rings (SSSR count). The molecule has 1 atom stereocenters. The Kier molecular flexibility index (Phi) is 9.04. The third kappa shape index (κ3) is 6.44. The van der Waals surface area contributed by atoms with Gasteiger partial charge in [-0.15, -0.1) is 0 Å². The Morgan fingerprint density at radius 3 is 1.56 bits per heavy atom. The molecule has 10 heteroatoms. The fourth-order valence-corrected chi connectivity index (χ4v) is 7.30. The molecule has 0 fully saturated rings. The predicted molar refractivity (Wildman–Crippen MR) is 232 cm³/mol. The van der Waals surface area contributed by atoms with E-state index in [9.17, 15) is 0 Å². The summed E-state index contributed by atoms with van der Waals surface area (Å²) in [5.74, 6) is 2.26. The third-order valence-electron chi connectivity index (χ3n) is 9.99. The van der Waals surface area contributed by atoms with Crippen LogP contribution in [0.5, 0.6) is 0 Å². The maximum atomic E-state index is 7.25. The van der Waals surface area contributed by atoms with Crippen LogP contribution in [0.3, 0.4) is 0 Å². The average molecular weight is 743 g/mol. The van der Waals surface area contributed by atoms with Crippen molar-refractivity contribution in [3.63, 3.8) is 0 Å². The monoisotopic (exact) mass is 742 g/mol. The minimum absolute atomic E-state index is 0.352. The van der Waals surface area contributed by atoms with Crippen molar-refractivity contribution in [3.8, 4) is 40.1 Å². The van der Waals surface area contributed by atoms with Gasteiger partial charge in [0.15, 0.2) is 17.5 Å². The van der Waals surface area contributed by atoms with Crippen molar-refractivity contribution in [2.24, 2.45) is 15.7 Å². The molecule has 6 N–H and O–H groups in total. The van der Waals surface area contributed by atoms with E-state index in [1.807, 2.05) is 181 Å². The van der Waals surface area contributed by atoms with Gasteiger partial charge in [-0.1, -0.05) is 158 Å². The van der Waals surface area contributed by atoms with Gasteiger partial charge in [0.25, 0.3) is 0 Å². The van der Waals surface area contributed by atoms with E-state index in [0.717, 1.165) is 44.1 Å². The lowest BCUT2D eigenvalue weighted by atomic mass is 10.1. The number of aliphatic imine (C=N–C) groups is 2. The van der Waals surface area contributed by atoms with Gasteiger partial charge in [0.1, 0.15) is 12.0 Å². The lowest BCUT2D eigenvalue weighted by Crippen LogP contribution is -2.17. The van der Waals surface area contributed by atoms with Gasteiger partial charge in [0.05, 0.1) is 33.8 Å². The van der Waals surface area contributed by atoms with Crippen molar-refractivity contribution in [2.75, 3.05) is 11.5 Å². The number of nitrogens with zero attached hydrogens (tertiary/aromatic N) is 7. The normalized spacial score (nSPS) is 12.6. The zero-order valence-electron chi connectivity index (χ0n) is 31.1. The molecule has 0 bridgehead atoms. The van der Waals surface area contributed by atoms with Crippen LogP contribution in [-0.2, 0) is 0 Å². The number of fused-ring (bicyclic) bond motifs is 2. The Morgan fingerprint density at radius 1 is 0.526 bits per heavy atom. The number of benzene rings is 6. The molecular formula is C47H38N10. The topological polar surface area (TPSA) is 151 Å². The van der Waals surface area contributed by atoms with E-state index in [1.165, 1.54) is 0 Å². The highest BCUT2D eigenvalue weighted by Gasteiger charge is 2.29. The highest BCUT2D eigenvalue weighted by Crippen LogP contribution is 2.45. The van der Waals surface area contributed by atoms with Crippen LogP contribution in [-0.4, -0.2) is 35.8 Å². The summed E-state index contributed by atoms with van der Waals surface area (Å²) in [5, 5.41) is 1.68. The second-order valence-corrected chi connectivity index (χ2v) is 13.6. The maximum absolute atomic E-state index is 7.25. The smallest absolute Gasteiger partial charge is 0.238 e. The molecule has 0 amide bonds. The zero-order valence-corrected chi connectivity index (χ0v) is 31.1. The van der Waals surface area contributed by atoms with Gasteiger partial charge >= 0.3 is 0 Å². The Morgan fingerprint density at radius 2 is 0.982 bits per heavy atom. The summed E-state index contributed by atoms with van der Waals surface area (Å²) >= 11 is 0. The van der Waals surface area contributed by atoms with Crippen LogP contribution in [0.2, 0.25) is 0 Å². The van der Waals surface area contributed by atoms with Gasteiger partial charge in [-0.05, 0) is 19.1 Å². The van der Waals surface area contributed by atoms with E-state index in [0.29, 0.717) is 52.0 Å². The van der Waals surface area contributed by atoms with E-state index < -0.39 is 6.17 Å². The molecule has 0 saturated heterocycles. The molecule has 0 aliphatic rings. The Bertz CT molecular complexity index is 2880. The van der Waals surface area contributed by atoms with Crippen molar-refractivity contribution < 1.29 is 0 Å². The predicted octanol–water partition coefficient (Wildman–Crippen LogP) is 9.31. The van der Waals surface area contributed by atoms with E-state index >= 15 is 0 Å². The molecule has 57 heavy (non-hydrogen) atoms. The van der Waals surface area contributed by atoms with Crippen molar-refractivity contribution in [3.05, 3.63) is 181 Å². The first-order chi connectivity index (χ1) is 28.0. The van der Waals surface area contributed by atoms with Crippen molar-refractivity contribution in [1.82, 2.24) is 24.1 Å². The minimum Gasteiger partial charge on any atom is -0.396 e. The molecule has 9 aromatic rings. The molecule has 3 aromatic heterocycles. The minimum atomic E-state index is -0.547. The molecule has 0 radical (unpaired) electrons. The van der Waals surface area contributed by atoms with Crippen LogP contribution < -0.4 is 17.2 Å². The van der Waals surface area contributed by atoms with Crippen LogP contribution >= 0.6 is 0 Å². The van der Waals surface area contributed by atoms with Gasteiger partial charge in [0, 0.05) is 33.0 Å². The standard InChI is InChI=1S/C47H38N10/c1-30(51-44(32-20-8-3-9-21-32)52-43(50)31-18-6-2-7-19-31)56-37-28-16-14-26-35(37)39(48)41(56)42-40(49)36-27-15-17-29-38(36)57(42)47-54-45(33-22-10-4-11-23-33)53-46(55-47)34-24-12-5-13-25-34/h2-30H,48-49H2,1H3,(H2,50,51,52). The first-order valence-electron chi connectivity index (χ1n) is 18.6. The molecule has 6 aromatic carbocycles. The van der Waals surface area contributed by atoms with Gasteiger partial charge in [-0.3, -0.25) is 4.57 Å². The fraction of sp³-hybridized carbons (Fsp3) is 0.0426. The number of nitrogen functional groups attached to an aromatic ring is 2. The first-order valence-corrected chi connectivity index (χ1v) is 18.6. The summed E-state index contributed by atoms with van der Waals surface area (Å²) in [6.07, 6.45) is -0.547. The van der Waals surface area contributed by atoms with Crippen LogP contribution in [0.1, 0.15) is 24.2 Å². The number of hydrogen-bond acceptors (Lipinski definition) is 6. The van der Waals surface area contributed by atoms with E-state index in [2.05, 4.69) is 4.57 Å². The van der Waals surface area contributed by atoms with E-state index in [1.54, 1.807) is 0 Å². The lowest BCUT2D eigenvalue weighted by molar-refractivity contribution is 0.599. The molecule has 0 aliphatic heterocycles. The van der Waals surface area contributed by atoms with Gasteiger partial charge in [-0.2, -0.15) is 9.97 Å². The molecular weight excluding hydrogens is 705 g/mol. The second kappa shape index (κ2) is 14.8. The number of aromatic nitrogens is 5. The number of anilines is 2. The molecule has 0 aliphatic carbocycles. The van der Waals surface area contributed by atoms with Gasteiger partial charge in [-0.25, -0.2) is 15.0 Å². The summed E-state index contributed by atoms with van der Waals surface area (Å²) in [4.78, 5) is 25.4. The highest BCUT2D eigenvalue weighted by molar-refractivity contribution is 6.11. The molecule has 1 unspecified atom stereocenters. The molecule has 3 heterocycles. The third-order valence-corrected chi connectivity index (χ3v) is 9.99. The van der Waals surface area contributed by atoms with Crippen molar-refractivity contribution in [2.45, 2.75) is 13.1 Å². The number of rotatable bonds is 8. The Hall–Kier alpha value is -7.85. The number of amidine groups is 2. The Balaban J connectivity index is 1.32. The fourth-order valence-electron chi connectivity index (χ4n) is 7.30. The van der Waals surface area contributed by atoms with Crippen LogP contribution in [0.4, 0.5) is 11.4 Å². The van der Waals surface area contributed by atoms with Crippen molar-refractivity contribution in [1.29, 1.82) is 0 Å². The van der Waals surface area contributed by atoms with Gasteiger partial charge in [0.2, 0.25) is 5.95 Å². The largest absolute Gasteiger partial charge is 0.396 e. The summed E-state index contributed by atoms with van der Waals surface area (Å²) in [6, 6.07) is 55.3. The van der Waals surface area contributed by atoms with Gasteiger partial charge < -0.3 is 21.8 Å². The van der Waals surface area contributed by atoms with Crippen LogP contribution in [0, 0.1) is 0 Å².